The molecule has 1 fully saturated rings. The van der Waals surface area contributed by atoms with Crippen molar-refractivity contribution in [1.29, 1.82) is 0 Å². The molecular formula is C22H23ClN4O3S. The van der Waals surface area contributed by atoms with Crippen molar-refractivity contribution in [2.24, 2.45) is 0 Å². The molecule has 3 heterocycles. The minimum atomic E-state index is -0.395. The zero-order valence-corrected chi connectivity index (χ0v) is 18.7. The molecule has 0 saturated carbocycles. The van der Waals surface area contributed by atoms with Crippen LogP contribution in [0.25, 0.3) is 5.70 Å². The van der Waals surface area contributed by atoms with Crippen molar-refractivity contribution in [3.8, 4) is 0 Å². The molecule has 0 spiro atoms. The van der Waals surface area contributed by atoms with E-state index in [0.717, 1.165) is 32.8 Å². The number of hydrogen-bond acceptors (Lipinski definition) is 5. The largest absolute Gasteiger partial charge is 0.355 e. The monoisotopic (exact) mass is 458 g/mol. The summed E-state index contributed by atoms with van der Waals surface area (Å²) >= 11 is 7.69. The first-order chi connectivity index (χ1) is 14.8. The van der Waals surface area contributed by atoms with E-state index in [-0.39, 0.29) is 17.8 Å². The van der Waals surface area contributed by atoms with E-state index in [4.69, 9.17) is 11.6 Å². The second-order valence-electron chi connectivity index (χ2n) is 7.71. The highest BCUT2D eigenvalue weighted by Crippen LogP contribution is 2.39. The molecule has 4 amide bonds. The molecule has 1 aromatic carbocycles. The standard InChI is InChI=1S/C22H23ClN4O3S/c1-12-3-4-14(7-17(12)23)8-24-22(30)25-9-19-15-10-27(13(2)16(15)11-31-19)18-5-6-20(28)26-21(18)29/h3-4,7,11,18H,2,5-6,8-10H2,1H3,(H2,24,25,30)(H,26,28,29). The molecule has 1 aromatic heterocycles. The molecule has 162 valence electrons. The first kappa shape index (κ1) is 21.4. The van der Waals surface area contributed by atoms with Crippen molar-refractivity contribution in [3.63, 3.8) is 0 Å². The quantitative estimate of drug-likeness (QED) is 0.599. The van der Waals surface area contributed by atoms with E-state index < -0.39 is 6.04 Å². The Hall–Kier alpha value is -2.84. The van der Waals surface area contributed by atoms with Gasteiger partial charge in [0.15, 0.2) is 0 Å². The second kappa shape index (κ2) is 8.72. The van der Waals surface area contributed by atoms with Gasteiger partial charge in [0.1, 0.15) is 6.04 Å². The van der Waals surface area contributed by atoms with E-state index in [1.54, 1.807) is 11.3 Å². The van der Waals surface area contributed by atoms with Crippen molar-refractivity contribution < 1.29 is 14.4 Å². The molecule has 31 heavy (non-hydrogen) atoms. The summed E-state index contributed by atoms with van der Waals surface area (Å²) in [5.41, 5.74) is 4.78. The maximum absolute atomic E-state index is 12.3. The highest BCUT2D eigenvalue weighted by atomic mass is 35.5. The van der Waals surface area contributed by atoms with Gasteiger partial charge < -0.3 is 15.5 Å². The Balaban J connectivity index is 1.33. The van der Waals surface area contributed by atoms with Crippen LogP contribution in [-0.2, 0) is 29.2 Å². The van der Waals surface area contributed by atoms with Gasteiger partial charge >= 0.3 is 6.03 Å². The number of carbonyl (C=O) groups is 3. The van der Waals surface area contributed by atoms with Gasteiger partial charge in [-0.2, -0.15) is 0 Å². The number of piperidine rings is 1. The molecule has 1 saturated heterocycles. The van der Waals surface area contributed by atoms with Gasteiger partial charge in [-0.25, -0.2) is 4.79 Å². The number of amides is 4. The van der Waals surface area contributed by atoms with Crippen molar-refractivity contribution in [1.82, 2.24) is 20.9 Å². The summed E-state index contributed by atoms with van der Waals surface area (Å²) < 4.78 is 0. The summed E-state index contributed by atoms with van der Waals surface area (Å²) in [4.78, 5) is 38.9. The van der Waals surface area contributed by atoms with Crippen LogP contribution < -0.4 is 16.0 Å². The van der Waals surface area contributed by atoms with Gasteiger partial charge in [-0.1, -0.05) is 30.3 Å². The van der Waals surface area contributed by atoms with Crippen molar-refractivity contribution in [2.45, 2.75) is 45.4 Å². The van der Waals surface area contributed by atoms with Crippen LogP contribution in [0.2, 0.25) is 5.02 Å². The number of fused-ring (bicyclic) bond motifs is 1. The molecule has 0 radical (unpaired) electrons. The third-order valence-electron chi connectivity index (χ3n) is 5.65. The average Bonchev–Trinajstić information content (AvgIpc) is 3.27. The van der Waals surface area contributed by atoms with Crippen LogP contribution in [0.4, 0.5) is 4.79 Å². The first-order valence-electron chi connectivity index (χ1n) is 9.99. The van der Waals surface area contributed by atoms with Gasteiger partial charge in [0, 0.05) is 46.1 Å². The molecule has 2 aliphatic heterocycles. The van der Waals surface area contributed by atoms with Crippen LogP contribution in [0.1, 0.15) is 40.0 Å². The third-order valence-corrected chi connectivity index (χ3v) is 7.09. The van der Waals surface area contributed by atoms with E-state index in [1.807, 2.05) is 35.4 Å². The zero-order valence-electron chi connectivity index (χ0n) is 17.1. The van der Waals surface area contributed by atoms with Gasteiger partial charge in [-0.15, -0.1) is 11.3 Å². The number of nitrogens with one attached hydrogen (secondary N) is 3. The summed E-state index contributed by atoms with van der Waals surface area (Å²) in [6, 6.07) is 5.04. The fourth-order valence-corrected chi connectivity index (χ4v) is 5.05. The number of nitrogens with zero attached hydrogens (tertiary/aromatic N) is 1. The molecule has 0 aliphatic carbocycles. The molecule has 2 aromatic rings. The van der Waals surface area contributed by atoms with Gasteiger partial charge in [-0.05, 0) is 36.1 Å². The smallest absolute Gasteiger partial charge is 0.315 e. The Morgan fingerprint density at radius 2 is 2.10 bits per heavy atom. The molecular weight excluding hydrogens is 436 g/mol. The second-order valence-corrected chi connectivity index (χ2v) is 9.08. The summed E-state index contributed by atoms with van der Waals surface area (Å²) in [6.07, 6.45) is 0.810. The lowest BCUT2D eigenvalue weighted by atomic mass is 10.0. The van der Waals surface area contributed by atoms with Crippen LogP contribution >= 0.6 is 22.9 Å². The summed E-state index contributed by atoms with van der Waals surface area (Å²) in [5.74, 6) is -0.509. The maximum Gasteiger partial charge on any atom is 0.315 e. The number of imide groups is 1. The minimum absolute atomic E-state index is 0.232. The predicted octanol–water partition coefficient (Wildman–Crippen LogP) is 3.30. The third kappa shape index (κ3) is 4.45. The number of hydrogen-bond donors (Lipinski definition) is 3. The van der Waals surface area contributed by atoms with E-state index in [2.05, 4.69) is 22.5 Å². The van der Waals surface area contributed by atoms with Gasteiger partial charge in [0.2, 0.25) is 11.8 Å². The van der Waals surface area contributed by atoms with Crippen molar-refractivity contribution in [3.05, 3.63) is 62.3 Å². The number of aryl methyl sites for hydroxylation is 1. The number of benzene rings is 1. The summed E-state index contributed by atoms with van der Waals surface area (Å²) in [6.45, 7) is 7.40. The SMILES string of the molecule is C=C1c2csc(CNC(=O)NCc3ccc(C)c(Cl)c3)c2CN1C1CCC(=O)NC1=O. The average molecular weight is 459 g/mol. The fraction of sp³-hybridized carbons (Fsp3) is 0.318. The van der Waals surface area contributed by atoms with Crippen LogP contribution in [0.5, 0.6) is 0 Å². The Morgan fingerprint density at radius 3 is 2.84 bits per heavy atom. The lowest BCUT2D eigenvalue weighted by molar-refractivity contribution is -0.136. The molecule has 3 N–H and O–H groups in total. The molecule has 1 atom stereocenters. The van der Waals surface area contributed by atoms with E-state index in [0.29, 0.717) is 37.5 Å². The first-order valence-corrected chi connectivity index (χ1v) is 11.2. The molecule has 1 unspecified atom stereocenters. The molecule has 0 bridgehead atoms. The van der Waals surface area contributed by atoms with E-state index in [1.165, 1.54) is 0 Å². The number of carbonyl (C=O) groups excluding carboxylic acids is 3. The number of urea groups is 1. The van der Waals surface area contributed by atoms with Gasteiger partial charge in [0.05, 0.1) is 6.54 Å². The predicted molar refractivity (Wildman–Crippen MR) is 120 cm³/mol. The van der Waals surface area contributed by atoms with Crippen LogP contribution in [-0.4, -0.2) is 28.8 Å². The summed E-state index contributed by atoms with van der Waals surface area (Å²) in [5, 5.41) is 10.8. The normalized spacial score (nSPS) is 18.1. The van der Waals surface area contributed by atoms with E-state index in [9.17, 15) is 14.4 Å². The Kier molecular flexibility index (Phi) is 6.02. The fourth-order valence-electron chi connectivity index (χ4n) is 3.84. The molecule has 4 rings (SSSR count). The molecule has 7 nitrogen and oxygen atoms in total. The zero-order chi connectivity index (χ0) is 22.1. The highest BCUT2D eigenvalue weighted by Gasteiger charge is 2.37. The van der Waals surface area contributed by atoms with Crippen molar-refractivity contribution in [2.75, 3.05) is 0 Å². The molecule has 9 heteroatoms. The Labute approximate surface area is 189 Å². The number of halogens is 1. The van der Waals surface area contributed by atoms with Crippen LogP contribution in [0.15, 0.2) is 30.2 Å². The minimum Gasteiger partial charge on any atom is -0.355 e. The Morgan fingerprint density at radius 1 is 1.32 bits per heavy atom. The van der Waals surface area contributed by atoms with Crippen LogP contribution in [0, 0.1) is 6.92 Å². The molecule has 2 aliphatic rings. The summed E-state index contributed by atoms with van der Waals surface area (Å²) in [7, 11) is 0. The lowest BCUT2D eigenvalue weighted by Gasteiger charge is -2.31. The Bertz CT molecular complexity index is 1080. The maximum atomic E-state index is 12.3. The van der Waals surface area contributed by atoms with Gasteiger partial charge in [-0.3, -0.25) is 14.9 Å². The van der Waals surface area contributed by atoms with Gasteiger partial charge in [0.25, 0.3) is 0 Å². The van der Waals surface area contributed by atoms with E-state index >= 15 is 0 Å². The van der Waals surface area contributed by atoms with Crippen molar-refractivity contribution >= 4 is 46.5 Å². The lowest BCUT2D eigenvalue weighted by Crippen LogP contribution is -2.50. The van der Waals surface area contributed by atoms with Crippen LogP contribution in [0.3, 0.4) is 0 Å². The highest BCUT2D eigenvalue weighted by molar-refractivity contribution is 7.10. The number of rotatable bonds is 5. The number of thiophene rings is 1. The topological polar surface area (TPSA) is 90.5 Å².